The van der Waals surface area contributed by atoms with E-state index in [4.69, 9.17) is 0 Å². The Morgan fingerprint density at radius 2 is 2.06 bits per heavy atom. The topological polar surface area (TPSA) is 54.6 Å². The van der Waals surface area contributed by atoms with Gasteiger partial charge in [-0.1, -0.05) is 56.3 Å². The molecule has 0 bridgehead atoms. The molecule has 2 atom stereocenters. The lowest BCUT2D eigenvalue weighted by molar-refractivity contribution is -0.129. The van der Waals surface area contributed by atoms with Gasteiger partial charge in [-0.05, 0) is 58.3 Å². The minimum absolute atomic E-state index is 0.0395. The molecule has 2 aliphatic rings. The number of likely N-dealkylation sites (tertiary alicyclic amines) is 1. The molecular weight excluding hydrogens is 391 g/mol. The van der Waals surface area contributed by atoms with Gasteiger partial charge in [-0.2, -0.15) is 0 Å². The molecule has 31 heavy (non-hydrogen) atoms. The van der Waals surface area contributed by atoms with E-state index < -0.39 is 11.9 Å². The maximum absolute atomic E-state index is 13.1. The molecule has 1 amide bonds. The molecule has 1 N–H and O–H groups in total. The summed E-state index contributed by atoms with van der Waals surface area (Å²) in [6.07, 6.45) is 4.74. The normalized spacial score (nSPS) is 20.7. The van der Waals surface area contributed by atoms with Gasteiger partial charge in [0.1, 0.15) is 5.83 Å². The third-order valence-electron chi connectivity index (χ3n) is 6.20. The van der Waals surface area contributed by atoms with E-state index in [9.17, 15) is 14.3 Å². The highest BCUT2D eigenvalue weighted by Gasteiger charge is 2.29. The van der Waals surface area contributed by atoms with Crippen LogP contribution in [0.25, 0.3) is 16.4 Å². The quantitative estimate of drug-likeness (QED) is 0.705. The number of nitrogens with zero attached hydrogens (tertiary/aromatic N) is 2. The Balaban J connectivity index is 1.53. The number of amides is 1. The van der Waals surface area contributed by atoms with Crippen molar-refractivity contribution in [3.63, 3.8) is 0 Å². The Kier molecular flexibility index (Phi) is 6.23. The summed E-state index contributed by atoms with van der Waals surface area (Å²) in [4.78, 5) is 14.6. The van der Waals surface area contributed by atoms with E-state index in [1.54, 1.807) is 4.90 Å². The van der Waals surface area contributed by atoms with Crippen molar-refractivity contribution in [3.05, 3.63) is 88.7 Å². The number of hydrogen-bond donors (Lipinski definition) is 1. The van der Waals surface area contributed by atoms with Gasteiger partial charge in [0.2, 0.25) is 5.91 Å². The maximum Gasteiger partial charge on any atom is 0.211 e. The average Bonchev–Trinajstić information content (AvgIpc) is 3.28. The first-order chi connectivity index (χ1) is 15.0. The smallest absolute Gasteiger partial charge is 0.211 e. The van der Waals surface area contributed by atoms with E-state index >= 15 is 0 Å². The van der Waals surface area contributed by atoms with Crippen molar-refractivity contribution in [2.24, 2.45) is 0 Å². The van der Waals surface area contributed by atoms with Crippen molar-refractivity contribution < 1.29 is 14.3 Å². The molecule has 4 nitrogen and oxygen atoms in total. The molecule has 0 spiro atoms. The lowest BCUT2D eigenvalue weighted by Gasteiger charge is -2.32. The van der Waals surface area contributed by atoms with Crippen molar-refractivity contribution in [2.75, 3.05) is 13.1 Å². The van der Waals surface area contributed by atoms with Crippen LogP contribution in [-0.4, -0.2) is 35.0 Å². The Bertz CT molecular complexity index is 1030. The number of hydrogen-bond acceptors (Lipinski definition) is 2. The Morgan fingerprint density at radius 1 is 1.26 bits per heavy atom. The molecule has 0 radical (unpaired) electrons. The molecule has 1 fully saturated rings. The molecule has 4 rings (SSSR count). The number of rotatable bonds is 5. The lowest BCUT2D eigenvalue weighted by atomic mass is 9.88. The highest BCUT2D eigenvalue weighted by molar-refractivity contribution is 5.87. The fourth-order valence-corrected chi connectivity index (χ4v) is 4.55. The van der Waals surface area contributed by atoms with Crippen LogP contribution in [0.5, 0.6) is 0 Å². The van der Waals surface area contributed by atoms with Crippen LogP contribution >= 0.6 is 0 Å². The Hall–Kier alpha value is -2.92. The first kappa shape index (κ1) is 21.3. The standard InChI is InChI=1S/C26H28FN2O2/c1-17(2)22-5-3-4-6-24(22)18-7-9-23(20(13-18)16-30)19-11-12-29(15-19)26(31)25-10-8-21(27)14-28-25/h3-10,13-14,17,19,25,30H,11-12,15-16H2,1-2H3/q-1. The number of carbonyl (C=O) groups excluding carboxylic acids is 1. The van der Waals surface area contributed by atoms with Gasteiger partial charge >= 0.3 is 0 Å². The van der Waals surface area contributed by atoms with E-state index in [1.165, 1.54) is 23.3 Å². The zero-order valence-corrected chi connectivity index (χ0v) is 18.0. The molecule has 162 valence electrons. The highest BCUT2D eigenvalue weighted by atomic mass is 19.1. The van der Waals surface area contributed by atoms with Gasteiger partial charge in [-0.3, -0.25) is 4.79 Å². The number of aliphatic hydroxyl groups excluding tert-OH is 1. The molecule has 1 saturated heterocycles. The van der Waals surface area contributed by atoms with Gasteiger partial charge in [0.15, 0.2) is 0 Å². The van der Waals surface area contributed by atoms with Crippen molar-refractivity contribution in [1.29, 1.82) is 0 Å². The summed E-state index contributed by atoms with van der Waals surface area (Å²) in [5.74, 6) is 0.0383. The predicted octanol–water partition coefficient (Wildman–Crippen LogP) is 5.41. The van der Waals surface area contributed by atoms with E-state index in [-0.39, 0.29) is 18.4 Å². The Labute approximate surface area is 183 Å². The van der Waals surface area contributed by atoms with Crippen LogP contribution in [0.1, 0.15) is 48.8 Å². The first-order valence-corrected chi connectivity index (χ1v) is 10.8. The molecule has 2 heterocycles. The molecule has 0 aromatic heterocycles. The van der Waals surface area contributed by atoms with Gasteiger partial charge in [0, 0.05) is 19.0 Å². The first-order valence-electron chi connectivity index (χ1n) is 10.8. The van der Waals surface area contributed by atoms with Crippen LogP contribution in [0, 0.1) is 0 Å². The zero-order chi connectivity index (χ0) is 22.0. The van der Waals surface area contributed by atoms with Gasteiger partial charge in [-0.15, -0.1) is 6.20 Å². The maximum atomic E-state index is 13.1. The van der Waals surface area contributed by atoms with Crippen LogP contribution in [0.2, 0.25) is 0 Å². The largest absolute Gasteiger partial charge is 0.675 e. The summed E-state index contributed by atoms with van der Waals surface area (Å²) in [5.41, 5.74) is 5.57. The van der Waals surface area contributed by atoms with E-state index in [2.05, 4.69) is 55.6 Å². The van der Waals surface area contributed by atoms with Crippen molar-refractivity contribution in [3.8, 4) is 11.1 Å². The third kappa shape index (κ3) is 4.42. The molecule has 0 aliphatic carbocycles. The molecule has 5 heteroatoms. The second-order valence-electron chi connectivity index (χ2n) is 8.55. The highest BCUT2D eigenvalue weighted by Crippen LogP contribution is 2.35. The number of aliphatic hydroxyl groups is 1. The second kappa shape index (κ2) is 9.06. The molecule has 0 saturated carbocycles. The number of halogens is 1. The molecule has 2 unspecified atom stereocenters. The fraction of sp³-hybridized carbons (Fsp3) is 0.346. The molecule has 2 aliphatic heterocycles. The van der Waals surface area contributed by atoms with Crippen molar-refractivity contribution in [1.82, 2.24) is 4.90 Å². The van der Waals surface area contributed by atoms with E-state index in [0.717, 1.165) is 29.3 Å². The summed E-state index contributed by atoms with van der Waals surface area (Å²) in [6, 6.07) is 14.0. The van der Waals surface area contributed by atoms with Crippen LogP contribution < -0.4 is 0 Å². The number of benzene rings is 2. The van der Waals surface area contributed by atoms with E-state index in [0.29, 0.717) is 19.0 Å². The monoisotopic (exact) mass is 419 g/mol. The van der Waals surface area contributed by atoms with Gasteiger partial charge in [0.25, 0.3) is 0 Å². The van der Waals surface area contributed by atoms with Crippen LogP contribution in [0.3, 0.4) is 0 Å². The summed E-state index contributed by atoms with van der Waals surface area (Å²) < 4.78 is 13.1. The minimum atomic E-state index is -0.648. The van der Waals surface area contributed by atoms with Crippen LogP contribution in [-0.2, 0) is 11.4 Å². The van der Waals surface area contributed by atoms with Crippen LogP contribution in [0.4, 0.5) is 4.39 Å². The van der Waals surface area contributed by atoms with Crippen molar-refractivity contribution >= 4 is 5.91 Å². The second-order valence-corrected chi connectivity index (χ2v) is 8.55. The molecule has 2 aromatic carbocycles. The Morgan fingerprint density at radius 3 is 2.77 bits per heavy atom. The predicted molar refractivity (Wildman–Crippen MR) is 121 cm³/mol. The van der Waals surface area contributed by atoms with Gasteiger partial charge < -0.3 is 15.3 Å². The molecular formula is C26H28FN2O2-. The number of allylic oxidation sites excluding steroid dienone is 2. The average molecular weight is 420 g/mol. The summed E-state index contributed by atoms with van der Waals surface area (Å²) in [7, 11) is 0. The van der Waals surface area contributed by atoms with Crippen molar-refractivity contribution in [2.45, 2.75) is 44.8 Å². The molecule has 2 aromatic rings. The summed E-state index contributed by atoms with van der Waals surface area (Å²) in [5, 5.41) is 14.1. The van der Waals surface area contributed by atoms with Gasteiger partial charge in [0.05, 0.1) is 6.61 Å². The summed E-state index contributed by atoms with van der Waals surface area (Å²) >= 11 is 0. The fourth-order valence-electron chi connectivity index (χ4n) is 4.55. The minimum Gasteiger partial charge on any atom is -0.675 e. The third-order valence-corrected chi connectivity index (χ3v) is 6.20. The van der Waals surface area contributed by atoms with Gasteiger partial charge in [-0.25, -0.2) is 4.39 Å². The van der Waals surface area contributed by atoms with E-state index in [1.807, 2.05) is 6.07 Å². The van der Waals surface area contributed by atoms with Crippen LogP contribution in [0.15, 0.2) is 66.6 Å². The lowest BCUT2D eigenvalue weighted by Crippen LogP contribution is -2.36. The zero-order valence-electron chi connectivity index (χ0n) is 18.0. The number of carbonyl (C=O) groups is 1. The SMILES string of the molecule is CC(C)c1ccccc1-c1ccc(C2CCN(C(=O)C3C=CC(F)=C[N-]3)C2)c(CO)c1. The summed E-state index contributed by atoms with van der Waals surface area (Å²) in [6.45, 7) is 5.55.